The summed E-state index contributed by atoms with van der Waals surface area (Å²) in [6.07, 6.45) is 4.87. The number of nitrogens with one attached hydrogen (secondary N) is 1. The maximum atomic E-state index is 12.0. The van der Waals surface area contributed by atoms with E-state index in [-0.39, 0.29) is 0 Å². The van der Waals surface area contributed by atoms with Gasteiger partial charge in [0.2, 0.25) is 0 Å². The fraction of sp³-hybridized carbons (Fsp3) is 0.100. The number of rotatable bonds is 4. The summed E-state index contributed by atoms with van der Waals surface area (Å²) in [5.74, 6) is 0.0446. The van der Waals surface area contributed by atoms with Crippen molar-refractivity contribution < 1.29 is 4.79 Å². The van der Waals surface area contributed by atoms with Crippen LogP contribution in [0.5, 0.6) is 0 Å². The molecule has 0 unspecified atom stereocenters. The predicted molar refractivity (Wildman–Crippen MR) is 104 cm³/mol. The molecule has 0 spiro atoms. The number of amides is 1. The van der Waals surface area contributed by atoms with Crippen LogP contribution < -0.4 is 5.73 Å². The number of carbonyl (C=O) groups is 1. The molecule has 134 valence electrons. The number of nitrogens with zero attached hydrogens (tertiary/aromatic N) is 4. The molecule has 1 amide bonds. The molecule has 4 aromatic rings. The third kappa shape index (κ3) is 3.35. The number of aromatic nitrogens is 5. The Morgan fingerprint density at radius 1 is 1.15 bits per heavy atom. The van der Waals surface area contributed by atoms with Crippen molar-refractivity contribution in [2.75, 3.05) is 0 Å². The summed E-state index contributed by atoms with van der Waals surface area (Å²) >= 11 is 0. The van der Waals surface area contributed by atoms with Gasteiger partial charge in [-0.3, -0.25) is 9.89 Å². The van der Waals surface area contributed by atoms with Gasteiger partial charge in [-0.05, 0) is 37.6 Å². The molecule has 2 heterocycles. The Morgan fingerprint density at radius 2 is 1.93 bits per heavy atom. The Bertz CT molecular complexity index is 1160. The minimum atomic E-state index is -0.544. The number of carbonyl (C=O) groups excluding carboxylic acids is 1. The second-order valence-electron chi connectivity index (χ2n) is 6.50. The number of hydrogen-bond acceptors (Lipinski definition) is 4. The molecule has 7 nitrogen and oxygen atoms in total. The van der Waals surface area contributed by atoms with Crippen LogP contribution in [0, 0.1) is 13.8 Å². The summed E-state index contributed by atoms with van der Waals surface area (Å²) in [5.41, 5.74) is 10.7. The lowest BCUT2D eigenvalue weighted by molar-refractivity contribution is -0.112. The maximum Gasteiger partial charge on any atom is 0.250 e. The van der Waals surface area contributed by atoms with E-state index in [2.05, 4.69) is 26.3 Å². The largest absolute Gasteiger partial charge is 0.366 e. The number of aromatic amines is 1. The zero-order valence-electron chi connectivity index (χ0n) is 15.0. The van der Waals surface area contributed by atoms with Gasteiger partial charge < -0.3 is 5.73 Å². The highest BCUT2D eigenvalue weighted by Crippen LogP contribution is 2.22. The van der Waals surface area contributed by atoms with Crippen LogP contribution in [-0.2, 0) is 4.79 Å². The van der Waals surface area contributed by atoms with Gasteiger partial charge in [0.15, 0.2) is 5.82 Å². The fourth-order valence-corrected chi connectivity index (χ4v) is 3.09. The second kappa shape index (κ2) is 6.53. The Kier molecular flexibility index (Phi) is 4.04. The minimum Gasteiger partial charge on any atom is -0.366 e. The number of nitrogens with two attached hydrogens (primary N) is 1. The van der Waals surface area contributed by atoms with Gasteiger partial charge in [0.25, 0.3) is 5.91 Å². The highest BCUT2D eigenvalue weighted by atomic mass is 16.1. The first kappa shape index (κ1) is 16.7. The Balaban J connectivity index is 1.73. The molecular weight excluding hydrogens is 340 g/mol. The smallest absolute Gasteiger partial charge is 0.250 e. The molecule has 0 radical (unpaired) electrons. The van der Waals surface area contributed by atoms with Crippen LogP contribution in [-0.4, -0.2) is 30.9 Å². The van der Waals surface area contributed by atoms with E-state index in [1.54, 1.807) is 18.7 Å². The van der Waals surface area contributed by atoms with E-state index >= 15 is 0 Å². The lowest BCUT2D eigenvalue weighted by Gasteiger charge is -2.04. The molecule has 0 saturated carbocycles. The van der Waals surface area contributed by atoms with Crippen LogP contribution in [0.1, 0.15) is 16.7 Å². The lowest BCUT2D eigenvalue weighted by Crippen LogP contribution is -2.13. The van der Waals surface area contributed by atoms with Gasteiger partial charge in [0.05, 0.1) is 17.3 Å². The van der Waals surface area contributed by atoms with Crippen LogP contribution in [0.4, 0.5) is 0 Å². The monoisotopic (exact) mass is 358 g/mol. The molecule has 4 rings (SSSR count). The zero-order chi connectivity index (χ0) is 19.0. The number of hydrogen-bond donors (Lipinski definition) is 2. The van der Waals surface area contributed by atoms with Crippen LogP contribution >= 0.6 is 0 Å². The van der Waals surface area contributed by atoms with Crippen molar-refractivity contribution in [1.29, 1.82) is 0 Å². The summed E-state index contributed by atoms with van der Waals surface area (Å²) in [4.78, 5) is 16.4. The van der Waals surface area contributed by atoms with Crippen molar-refractivity contribution >= 4 is 28.6 Å². The predicted octanol–water partition coefficient (Wildman–Crippen LogP) is 2.92. The van der Waals surface area contributed by atoms with Crippen LogP contribution in [0.3, 0.4) is 0 Å². The Labute approximate surface area is 155 Å². The molecule has 0 aliphatic carbocycles. The van der Waals surface area contributed by atoms with Gasteiger partial charge in [0.1, 0.15) is 6.33 Å². The molecule has 0 aliphatic rings. The Morgan fingerprint density at radius 3 is 2.67 bits per heavy atom. The van der Waals surface area contributed by atoms with Gasteiger partial charge in [-0.25, -0.2) is 9.67 Å². The van der Waals surface area contributed by atoms with Crippen LogP contribution in [0.15, 0.2) is 48.9 Å². The lowest BCUT2D eigenvalue weighted by atomic mass is 10.1. The topological polar surface area (TPSA) is 102 Å². The molecule has 27 heavy (non-hydrogen) atoms. The first-order valence-electron chi connectivity index (χ1n) is 8.44. The molecular formula is C20H18N6O. The molecule has 0 fully saturated rings. The average molecular weight is 358 g/mol. The van der Waals surface area contributed by atoms with Crippen molar-refractivity contribution in [1.82, 2.24) is 25.0 Å². The summed E-state index contributed by atoms with van der Waals surface area (Å²) < 4.78 is 1.50. The fourth-order valence-electron chi connectivity index (χ4n) is 3.09. The summed E-state index contributed by atoms with van der Waals surface area (Å²) in [5, 5.41) is 12.3. The van der Waals surface area contributed by atoms with Gasteiger partial charge in [-0.15, -0.1) is 5.10 Å². The van der Waals surface area contributed by atoms with Crippen molar-refractivity contribution in [3.8, 4) is 11.4 Å². The van der Waals surface area contributed by atoms with Crippen LogP contribution in [0.25, 0.3) is 34.1 Å². The normalized spacial score (nSPS) is 11.9. The molecule has 0 bridgehead atoms. The van der Waals surface area contributed by atoms with Gasteiger partial charge in [-0.2, -0.15) is 5.10 Å². The molecule has 3 N–H and O–H groups in total. The average Bonchev–Trinajstić information content (AvgIpc) is 3.27. The number of aryl methyl sites for hydroxylation is 2. The molecule has 2 aromatic heterocycles. The molecule has 2 aromatic carbocycles. The first-order chi connectivity index (χ1) is 13.0. The van der Waals surface area contributed by atoms with E-state index in [0.717, 1.165) is 27.6 Å². The highest BCUT2D eigenvalue weighted by molar-refractivity contribution is 6.22. The summed E-state index contributed by atoms with van der Waals surface area (Å²) in [7, 11) is 0. The molecule has 0 saturated heterocycles. The van der Waals surface area contributed by atoms with Crippen molar-refractivity contribution in [2.45, 2.75) is 13.8 Å². The minimum absolute atomic E-state index is 0.336. The van der Waals surface area contributed by atoms with E-state index in [0.29, 0.717) is 17.0 Å². The number of fused-ring (bicyclic) bond motifs is 1. The number of primary amides is 1. The van der Waals surface area contributed by atoms with E-state index in [1.807, 2.05) is 44.2 Å². The third-order valence-corrected chi connectivity index (χ3v) is 4.27. The SMILES string of the molecule is Cc1cc(C)cc(-c2ncn(/C=C(/C(N)=O)c3ccc4cn[nH]c4c3)n2)c1. The zero-order valence-corrected chi connectivity index (χ0v) is 15.0. The molecule has 0 atom stereocenters. The van der Waals surface area contributed by atoms with Gasteiger partial charge >= 0.3 is 0 Å². The van der Waals surface area contributed by atoms with Gasteiger partial charge in [0, 0.05) is 17.1 Å². The number of H-pyrrole nitrogens is 1. The maximum absolute atomic E-state index is 12.0. The molecule has 0 aliphatic heterocycles. The van der Waals surface area contributed by atoms with E-state index in [4.69, 9.17) is 5.73 Å². The standard InChI is InChI=1S/C20H18N6O/c1-12-5-13(2)7-16(6-12)20-22-11-26(25-20)10-17(19(21)27)14-3-4-15-9-23-24-18(15)8-14/h3-11H,1-2H3,(H2,21,27)(H,23,24)/b17-10+. The second-order valence-corrected chi connectivity index (χ2v) is 6.50. The quantitative estimate of drug-likeness (QED) is 0.548. The van der Waals surface area contributed by atoms with E-state index in [9.17, 15) is 4.79 Å². The van der Waals surface area contributed by atoms with Gasteiger partial charge in [-0.1, -0.05) is 29.3 Å². The van der Waals surface area contributed by atoms with Crippen molar-refractivity contribution in [3.05, 3.63) is 65.6 Å². The Hall–Kier alpha value is -3.74. The summed E-state index contributed by atoms with van der Waals surface area (Å²) in [6, 6.07) is 11.7. The van der Waals surface area contributed by atoms with Crippen LogP contribution in [0.2, 0.25) is 0 Å². The number of benzene rings is 2. The van der Waals surface area contributed by atoms with Crippen molar-refractivity contribution in [3.63, 3.8) is 0 Å². The molecule has 7 heteroatoms. The first-order valence-corrected chi connectivity index (χ1v) is 8.44. The van der Waals surface area contributed by atoms with E-state index < -0.39 is 5.91 Å². The summed E-state index contributed by atoms with van der Waals surface area (Å²) in [6.45, 7) is 4.06. The van der Waals surface area contributed by atoms with Crippen molar-refractivity contribution in [2.24, 2.45) is 5.73 Å². The van der Waals surface area contributed by atoms with E-state index in [1.165, 1.54) is 4.68 Å². The highest BCUT2D eigenvalue weighted by Gasteiger charge is 2.12. The third-order valence-electron chi connectivity index (χ3n) is 4.27.